The lowest BCUT2D eigenvalue weighted by molar-refractivity contribution is -0.0314. The number of sulfone groups is 1. The first-order chi connectivity index (χ1) is 19.9. The van der Waals surface area contributed by atoms with E-state index in [2.05, 4.69) is 4.98 Å². The molecule has 0 saturated carbocycles. The van der Waals surface area contributed by atoms with Gasteiger partial charge in [-0.05, 0) is 69.2 Å². The molecule has 0 radical (unpaired) electrons. The molecule has 2 aromatic rings. The maximum absolute atomic E-state index is 13.5. The molecule has 3 aliphatic rings. The summed E-state index contributed by atoms with van der Waals surface area (Å²) in [6.07, 6.45) is 4.01. The van der Waals surface area contributed by atoms with E-state index in [0.717, 1.165) is 12.8 Å². The molecule has 3 aliphatic heterocycles. The highest BCUT2D eigenvalue weighted by atomic mass is 32.2. The minimum absolute atomic E-state index is 0.0110. The summed E-state index contributed by atoms with van der Waals surface area (Å²) in [5.74, 6) is 1.14. The number of fused-ring (bicyclic) bond motifs is 1. The predicted octanol–water partition coefficient (Wildman–Crippen LogP) is 2.87. The molecule has 2 saturated heterocycles. The molecule has 0 amide bonds. The molecule has 13 heteroatoms. The summed E-state index contributed by atoms with van der Waals surface area (Å²) in [6, 6.07) is 7.99. The highest BCUT2D eigenvalue weighted by Crippen LogP contribution is 2.42. The van der Waals surface area contributed by atoms with E-state index in [9.17, 15) is 21.9 Å². The van der Waals surface area contributed by atoms with Crippen molar-refractivity contribution in [2.75, 3.05) is 50.5 Å². The summed E-state index contributed by atoms with van der Waals surface area (Å²) < 4.78 is 70.3. The van der Waals surface area contributed by atoms with E-state index in [1.165, 1.54) is 22.6 Å². The van der Waals surface area contributed by atoms with Crippen LogP contribution >= 0.6 is 0 Å². The van der Waals surface area contributed by atoms with Gasteiger partial charge < -0.3 is 24.2 Å². The number of aliphatic hydroxyl groups excluding tert-OH is 1. The number of hydrogen-bond acceptors (Lipinski definition) is 10. The SMILES string of the molecule is CCS(=O)(=O)c1cccc(OC[C@@H](O)CC[C@H]2COC3(CCN(S(=O)(=O)c4cnc5c(c4)N(C)C[C@@H](C)O5)CC3)C2)c1. The molecule has 3 atom stereocenters. The fraction of sp³-hybridized carbons (Fsp3) is 0.621. The molecule has 0 bridgehead atoms. The normalized spacial score (nSPS) is 23.4. The summed E-state index contributed by atoms with van der Waals surface area (Å²) in [7, 11) is -5.13. The van der Waals surface area contributed by atoms with Crippen LogP contribution in [0.2, 0.25) is 0 Å². The number of hydrogen-bond donors (Lipinski definition) is 1. The van der Waals surface area contributed by atoms with Gasteiger partial charge in [-0.3, -0.25) is 0 Å². The van der Waals surface area contributed by atoms with Crippen LogP contribution in [0.15, 0.2) is 46.3 Å². The van der Waals surface area contributed by atoms with Crippen molar-refractivity contribution in [3.63, 3.8) is 0 Å². The average molecular weight is 624 g/mol. The number of nitrogens with zero attached hydrogens (tertiary/aromatic N) is 3. The molecule has 1 N–H and O–H groups in total. The number of rotatable bonds is 10. The Labute approximate surface area is 248 Å². The molecular formula is C29H41N3O8S2. The second kappa shape index (κ2) is 12.3. The number of anilines is 1. The molecule has 42 heavy (non-hydrogen) atoms. The lowest BCUT2D eigenvalue weighted by atomic mass is 9.84. The molecule has 1 spiro atoms. The van der Waals surface area contributed by atoms with Gasteiger partial charge in [0.1, 0.15) is 29.0 Å². The van der Waals surface area contributed by atoms with Crippen LogP contribution in [-0.4, -0.2) is 94.7 Å². The lowest BCUT2D eigenvalue weighted by Gasteiger charge is -2.38. The zero-order valence-corrected chi connectivity index (χ0v) is 26.1. The smallest absolute Gasteiger partial charge is 0.244 e. The molecule has 2 fully saturated rings. The van der Waals surface area contributed by atoms with E-state index in [-0.39, 0.29) is 39.8 Å². The molecule has 0 aliphatic carbocycles. The van der Waals surface area contributed by atoms with Crippen molar-refractivity contribution in [2.45, 2.75) is 73.6 Å². The van der Waals surface area contributed by atoms with E-state index in [1.807, 2.05) is 18.9 Å². The third kappa shape index (κ3) is 6.70. The molecular weight excluding hydrogens is 582 g/mol. The van der Waals surface area contributed by atoms with Crippen molar-refractivity contribution in [2.24, 2.45) is 5.92 Å². The van der Waals surface area contributed by atoms with Gasteiger partial charge in [0.25, 0.3) is 0 Å². The summed E-state index contributed by atoms with van der Waals surface area (Å²) in [5.41, 5.74) is 0.330. The summed E-state index contributed by atoms with van der Waals surface area (Å²) >= 11 is 0. The molecule has 1 aromatic carbocycles. The maximum Gasteiger partial charge on any atom is 0.244 e. The topological polar surface area (TPSA) is 136 Å². The first kappa shape index (κ1) is 31.0. The number of ether oxygens (including phenoxy) is 3. The quantitative estimate of drug-likeness (QED) is 0.421. The van der Waals surface area contributed by atoms with Crippen LogP contribution in [0.25, 0.3) is 0 Å². The number of sulfonamides is 1. The number of benzene rings is 1. The third-order valence-corrected chi connectivity index (χ3v) is 12.1. The van der Waals surface area contributed by atoms with Gasteiger partial charge in [0.05, 0.1) is 41.7 Å². The monoisotopic (exact) mass is 623 g/mol. The maximum atomic E-state index is 13.5. The fourth-order valence-corrected chi connectivity index (χ4v) is 8.35. The average Bonchev–Trinajstić information content (AvgIpc) is 3.37. The number of likely N-dealkylation sites (N-methyl/N-ethyl adjacent to an activating group) is 1. The minimum atomic E-state index is -3.70. The summed E-state index contributed by atoms with van der Waals surface area (Å²) in [4.78, 5) is 6.64. The molecule has 0 unspecified atom stereocenters. The Balaban J connectivity index is 1.09. The van der Waals surface area contributed by atoms with Gasteiger partial charge in [0.2, 0.25) is 15.9 Å². The second-order valence-electron chi connectivity index (χ2n) is 11.7. The Morgan fingerprint density at radius 1 is 1.17 bits per heavy atom. The molecule has 4 heterocycles. The van der Waals surface area contributed by atoms with Gasteiger partial charge in [-0.1, -0.05) is 13.0 Å². The summed E-state index contributed by atoms with van der Waals surface area (Å²) in [5, 5.41) is 10.5. The second-order valence-corrected chi connectivity index (χ2v) is 15.9. The first-order valence-corrected chi connectivity index (χ1v) is 17.7. The van der Waals surface area contributed by atoms with E-state index in [1.54, 1.807) is 25.1 Å². The number of pyridine rings is 1. The van der Waals surface area contributed by atoms with Crippen LogP contribution in [0, 0.1) is 5.92 Å². The Bertz CT molecular complexity index is 1480. The Hall–Kier alpha value is -2.45. The standard InChI is InChI=1S/C29H41N3O8S2/c1-4-41(34,35)25-7-5-6-24(14-25)38-20-23(33)9-8-22-16-29(39-19-22)10-12-32(13-11-29)42(36,37)26-15-27-28(30-17-26)40-21(2)18-31(27)3/h5-7,14-15,17,21-23,33H,4,8-13,16,18-20H2,1-3H3/t21-,22-,23+/m1/s1. The van der Waals surface area contributed by atoms with Gasteiger partial charge in [-0.15, -0.1) is 0 Å². The highest BCUT2D eigenvalue weighted by Gasteiger charge is 2.45. The van der Waals surface area contributed by atoms with E-state index in [0.29, 0.717) is 62.8 Å². The molecule has 1 aromatic heterocycles. The lowest BCUT2D eigenvalue weighted by Crippen LogP contribution is -2.46. The van der Waals surface area contributed by atoms with Crippen LogP contribution in [0.4, 0.5) is 5.69 Å². The Morgan fingerprint density at radius 3 is 2.67 bits per heavy atom. The van der Waals surface area contributed by atoms with Crippen LogP contribution in [0.3, 0.4) is 0 Å². The Kier molecular flexibility index (Phi) is 9.06. The van der Waals surface area contributed by atoms with Crippen LogP contribution in [-0.2, 0) is 24.6 Å². The van der Waals surface area contributed by atoms with Crippen LogP contribution < -0.4 is 14.4 Å². The number of aromatic nitrogens is 1. The zero-order chi connectivity index (χ0) is 30.1. The third-order valence-electron chi connectivity index (χ3n) is 8.51. The molecule has 232 valence electrons. The minimum Gasteiger partial charge on any atom is -0.491 e. The van der Waals surface area contributed by atoms with Gasteiger partial charge in [0, 0.05) is 20.1 Å². The van der Waals surface area contributed by atoms with Gasteiger partial charge in [-0.25, -0.2) is 21.8 Å². The zero-order valence-electron chi connectivity index (χ0n) is 24.4. The van der Waals surface area contributed by atoms with Crippen LogP contribution in [0.5, 0.6) is 11.6 Å². The van der Waals surface area contributed by atoms with Crippen molar-refractivity contribution in [1.82, 2.24) is 9.29 Å². The fourth-order valence-electron chi connectivity index (χ4n) is 6.02. The molecule has 11 nitrogen and oxygen atoms in total. The van der Waals surface area contributed by atoms with Crippen LogP contribution in [0.1, 0.15) is 46.0 Å². The largest absolute Gasteiger partial charge is 0.491 e. The Morgan fingerprint density at radius 2 is 1.93 bits per heavy atom. The van der Waals surface area contributed by atoms with Crippen molar-refractivity contribution >= 4 is 25.5 Å². The van der Waals surface area contributed by atoms with Crippen molar-refractivity contribution in [3.05, 3.63) is 36.5 Å². The summed E-state index contributed by atoms with van der Waals surface area (Å²) in [6.45, 7) is 5.60. The van der Waals surface area contributed by atoms with Gasteiger partial charge in [0.15, 0.2) is 9.84 Å². The first-order valence-electron chi connectivity index (χ1n) is 14.6. The van der Waals surface area contributed by atoms with E-state index in [4.69, 9.17) is 14.2 Å². The van der Waals surface area contributed by atoms with Crippen molar-refractivity contribution in [1.29, 1.82) is 0 Å². The molecule has 5 rings (SSSR count). The number of aliphatic hydroxyl groups is 1. The van der Waals surface area contributed by atoms with Gasteiger partial charge >= 0.3 is 0 Å². The van der Waals surface area contributed by atoms with Gasteiger partial charge in [-0.2, -0.15) is 4.31 Å². The van der Waals surface area contributed by atoms with Crippen molar-refractivity contribution in [3.8, 4) is 11.6 Å². The van der Waals surface area contributed by atoms with Crippen molar-refractivity contribution < 1.29 is 36.2 Å². The van der Waals surface area contributed by atoms with E-state index < -0.39 is 26.0 Å². The number of piperidine rings is 1. The van der Waals surface area contributed by atoms with E-state index >= 15 is 0 Å². The highest BCUT2D eigenvalue weighted by molar-refractivity contribution is 7.91. The predicted molar refractivity (Wildman–Crippen MR) is 157 cm³/mol.